The van der Waals surface area contributed by atoms with Crippen LogP contribution >= 0.6 is 23.1 Å². The molecular formula is C10H14N4O2S2. The standard InChI is InChI=1S/C10H14N4O2S2/c1-3-4-11-8(15)7-17-10-14-13-9(18-10)12-5-6-16-2/h1H,4-7H2,2H3,(H,11,15)(H,12,13). The average Bonchev–Trinajstić information content (AvgIpc) is 2.82. The molecule has 0 saturated carbocycles. The Morgan fingerprint density at radius 3 is 3.17 bits per heavy atom. The minimum Gasteiger partial charge on any atom is -0.383 e. The maximum Gasteiger partial charge on any atom is 0.231 e. The van der Waals surface area contributed by atoms with Gasteiger partial charge in [0.1, 0.15) is 0 Å². The van der Waals surface area contributed by atoms with Gasteiger partial charge in [0.2, 0.25) is 11.0 Å². The molecule has 0 radical (unpaired) electrons. The molecule has 0 aromatic carbocycles. The van der Waals surface area contributed by atoms with E-state index in [0.29, 0.717) is 13.2 Å². The summed E-state index contributed by atoms with van der Waals surface area (Å²) in [4.78, 5) is 11.3. The number of amides is 1. The zero-order valence-corrected chi connectivity index (χ0v) is 11.6. The van der Waals surface area contributed by atoms with E-state index in [1.807, 2.05) is 0 Å². The van der Waals surface area contributed by atoms with Gasteiger partial charge in [0.05, 0.1) is 18.9 Å². The Kier molecular flexibility index (Phi) is 7.17. The number of terminal acetylenes is 1. The molecule has 6 nitrogen and oxygen atoms in total. The molecule has 2 N–H and O–H groups in total. The summed E-state index contributed by atoms with van der Waals surface area (Å²) in [5, 5.41) is 14.3. The quantitative estimate of drug-likeness (QED) is 0.410. The van der Waals surface area contributed by atoms with Crippen LogP contribution in [0, 0.1) is 12.3 Å². The normalized spacial score (nSPS) is 9.78. The van der Waals surface area contributed by atoms with Crippen LogP contribution in [0.15, 0.2) is 4.34 Å². The number of rotatable bonds is 8. The highest BCUT2D eigenvalue weighted by Gasteiger charge is 2.07. The topological polar surface area (TPSA) is 76.1 Å². The van der Waals surface area contributed by atoms with Crippen LogP contribution in [0.4, 0.5) is 5.13 Å². The summed E-state index contributed by atoms with van der Waals surface area (Å²) in [6, 6.07) is 0. The highest BCUT2D eigenvalue weighted by Crippen LogP contribution is 2.24. The maximum absolute atomic E-state index is 11.3. The van der Waals surface area contributed by atoms with E-state index in [-0.39, 0.29) is 18.2 Å². The van der Waals surface area contributed by atoms with Gasteiger partial charge in [-0.1, -0.05) is 29.0 Å². The predicted octanol–water partition coefficient (Wildman–Crippen LogP) is 0.438. The van der Waals surface area contributed by atoms with E-state index in [1.165, 1.54) is 23.1 Å². The van der Waals surface area contributed by atoms with Gasteiger partial charge in [-0.05, 0) is 0 Å². The molecule has 1 amide bonds. The van der Waals surface area contributed by atoms with Gasteiger partial charge in [0.25, 0.3) is 0 Å². The van der Waals surface area contributed by atoms with E-state index < -0.39 is 0 Å². The molecule has 0 spiro atoms. The Morgan fingerprint density at radius 2 is 2.44 bits per heavy atom. The number of ether oxygens (including phenoxy) is 1. The molecular weight excluding hydrogens is 272 g/mol. The third kappa shape index (κ3) is 5.86. The van der Waals surface area contributed by atoms with E-state index in [0.717, 1.165) is 9.47 Å². The van der Waals surface area contributed by atoms with Crippen LogP contribution in [0.1, 0.15) is 0 Å². The number of methoxy groups -OCH3 is 1. The van der Waals surface area contributed by atoms with Crippen LogP contribution in [0.3, 0.4) is 0 Å². The van der Waals surface area contributed by atoms with Gasteiger partial charge < -0.3 is 15.4 Å². The fourth-order valence-electron chi connectivity index (χ4n) is 0.927. The highest BCUT2D eigenvalue weighted by atomic mass is 32.2. The number of anilines is 1. The third-order valence-corrected chi connectivity index (χ3v) is 3.72. The molecule has 1 aromatic rings. The Labute approximate surface area is 114 Å². The lowest BCUT2D eigenvalue weighted by Crippen LogP contribution is -2.25. The number of aromatic nitrogens is 2. The van der Waals surface area contributed by atoms with Gasteiger partial charge in [-0.3, -0.25) is 4.79 Å². The smallest absolute Gasteiger partial charge is 0.231 e. The van der Waals surface area contributed by atoms with Crippen LogP contribution in [0.2, 0.25) is 0 Å². The number of nitrogens with one attached hydrogen (secondary N) is 2. The summed E-state index contributed by atoms with van der Waals surface area (Å²) in [7, 11) is 1.64. The average molecular weight is 286 g/mol. The Morgan fingerprint density at radius 1 is 1.61 bits per heavy atom. The van der Waals surface area contributed by atoms with Gasteiger partial charge in [0, 0.05) is 13.7 Å². The fraction of sp³-hybridized carbons (Fsp3) is 0.500. The van der Waals surface area contributed by atoms with Gasteiger partial charge in [-0.15, -0.1) is 16.6 Å². The largest absolute Gasteiger partial charge is 0.383 e. The Hall–Kier alpha value is -1.30. The lowest BCUT2D eigenvalue weighted by molar-refractivity contribution is -0.118. The molecule has 0 saturated heterocycles. The van der Waals surface area contributed by atoms with Crippen molar-refractivity contribution in [2.75, 3.05) is 37.9 Å². The van der Waals surface area contributed by atoms with Crippen molar-refractivity contribution in [1.29, 1.82) is 0 Å². The van der Waals surface area contributed by atoms with E-state index >= 15 is 0 Å². The molecule has 1 aromatic heterocycles. The lowest BCUT2D eigenvalue weighted by Gasteiger charge is -1.99. The highest BCUT2D eigenvalue weighted by molar-refractivity contribution is 8.01. The zero-order chi connectivity index (χ0) is 13.2. The van der Waals surface area contributed by atoms with E-state index in [9.17, 15) is 4.79 Å². The summed E-state index contributed by atoms with van der Waals surface area (Å²) in [6.45, 7) is 1.54. The van der Waals surface area contributed by atoms with Crippen molar-refractivity contribution in [1.82, 2.24) is 15.5 Å². The fourth-order valence-corrected chi connectivity index (χ4v) is 2.53. The van der Waals surface area contributed by atoms with Crippen LogP contribution in [0.5, 0.6) is 0 Å². The first-order valence-corrected chi connectivity index (χ1v) is 6.95. The van der Waals surface area contributed by atoms with Gasteiger partial charge >= 0.3 is 0 Å². The van der Waals surface area contributed by atoms with Crippen molar-refractivity contribution in [2.24, 2.45) is 0 Å². The number of hydrogen-bond donors (Lipinski definition) is 2. The first kappa shape index (κ1) is 14.8. The molecule has 1 rings (SSSR count). The van der Waals surface area contributed by atoms with Gasteiger partial charge in [-0.25, -0.2) is 0 Å². The second kappa shape index (κ2) is 8.74. The minimum absolute atomic E-state index is 0.109. The first-order valence-electron chi connectivity index (χ1n) is 5.15. The number of carbonyl (C=O) groups is 1. The predicted molar refractivity (Wildman–Crippen MR) is 72.8 cm³/mol. The SMILES string of the molecule is C#CCNC(=O)CSc1nnc(NCCOC)s1. The molecule has 8 heteroatoms. The van der Waals surface area contributed by atoms with Gasteiger partial charge in [0.15, 0.2) is 4.34 Å². The van der Waals surface area contributed by atoms with E-state index in [2.05, 4.69) is 26.8 Å². The monoisotopic (exact) mass is 286 g/mol. The minimum atomic E-state index is -0.109. The second-order valence-corrected chi connectivity index (χ2v) is 5.26. The molecule has 0 aliphatic rings. The van der Waals surface area contributed by atoms with Crippen molar-refractivity contribution in [3.05, 3.63) is 0 Å². The summed E-state index contributed by atoms with van der Waals surface area (Å²) < 4.78 is 5.65. The van der Waals surface area contributed by atoms with Crippen LogP contribution in [0.25, 0.3) is 0 Å². The van der Waals surface area contributed by atoms with Crippen molar-refractivity contribution in [3.63, 3.8) is 0 Å². The van der Waals surface area contributed by atoms with Crippen molar-refractivity contribution in [3.8, 4) is 12.3 Å². The van der Waals surface area contributed by atoms with Gasteiger partial charge in [-0.2, -0.15) is 0 Å². The van der Waals surface area contributed by atoms with E-state index in [4.69, 9.17) is 11.2 Å². The molecule has 98 valence electrons. The number of carbonyl (C=O) groups excluding carboxylic acids is 1. The first-order chi connectivity index (χ1) is 8.76. The number of thioether (sulfide) groups is 1. The van der Waals surface area contributed by atoms with Crippen molar-refractivity contribution >= 4 is 34.1 Å². The lowest BCUT2D eigenvalue weighted by atomic mass is 10.6. The summed E-state index contributed by atoms with van der Waals surface area (Å²) >= 11 is 2.73. The Balaban J connectivity index is 2.26. The van der Waals surface area contributed by atoms with E-state index in [1.54, 1.807) is 7.11 Å². The third-order valence-electron chi connectivity index (χ3n) is 1.70. The number of hydrogen-bond acceptors (Lipinski definition) is 7. The maximum atomic E-state index is 11.3. The molecule has 1 heterocycles. The Bertz CT molecular complexity index is 416. The summed E-state index contributed by atoms with van der Waals surface area (Å²) in [6.07, 6.45) is 5.04. The number of nitrogens with zero attached hydrogens (tertiary/aromatic N) is 2. The molecule has 0 fully saturated rings. The van der Waals surface area contributed by atoms with Crippen LogP contribution in [-0.2, 0) is 9.53 Å². The van der Waals surface area contributed by atoms with Crippen LogP contribution in [-0.4, -0.2) is 48.7 Å². The summed E-state index contributed by atoms with van der Waals surface area (Å²) in [5.41, 5.74) is 0. The zero-order valence-electron chi connectivity index (χ0n) is 9.93. The second-order valence-electron chi connectivity index (χ2n) is 3.06. The molecule has 0 bridgehead atoms. The van der Waals surface area contributed by atoms with Crippen LogP contribution < -0.4 is 10.6 Å². The molecule has 18 heavy (non-hydrogen) atoms. The summed E-state index contributed by atoms with van der Waals surface area (Å²) in [5.74, 6) is 2.52. The molecule has 0 unspecified atom stereocenters. The molecule has 0 aliphatic carbocycles. The van der Waals surface area contributed by atoms with Crippen molar-refractivity contribution < 1.29 is 9.53 Å². The molecule has 0 atom stereocenters. The molecule has 0 aliphatic heterocycles. The van der Waals surface area contributed by atoms with Crippen molar-refractivity contribution in [2.45, 2.75) is 4.34 Å².